The summed E-state index contributed by atoms with van der Waals surface area (Å²) in [5, 5.41) is 3.24. The summed E-state index contributed by atoms with van der Waals surface area (Å²) >= 11 is 0. The molecule has 3 aromatic rings. The van der Waals surface area contributed by atoms with Gasteiger partial charge in [0.25, 0.3) is 0 Å². The average Bonchev–Trinajstić information content (AvgIpc) is 3.01. The maximum absolute atomic E-state index is 4.36. The van der Waals surface area contributed by atoms with Crippen LogP contribution in [0.1, 0.15) is 5.69 Å². The smallest absolute Gasteiger partial charge is 0.137 e. The molecule has 0 unspecified atom stereocenters. The van der Waals surface area contributed by atoms with Gasteiger partial charge in [0.15, 0.2) is 0 Å². The average molecular weight is 252 g/mol. The van der Waals surface area contributed by atoms with Crippen LogP contribution in [0, 0.1) is 0 Å². The van der Waals surface area contributed by atoms with Crippen LogP contribution in [0.15, 0.2) is 55.6 Å². The lowest BCUT2D eigenvalue weighted by molar-refractivity contribution is 0.981. The molecule has 3 heterocycles. The van der Waals surface area contributed by atoms with Crippen LogP contribution >= 0.6 is 0 Å². The molecule has 0 radical (unpaired) electrons. The number of nitrogens with one attached hydrogen (secondary N) is 1. The molecule has 0 aliphatic rings. The van der Waals surface area contributed by atoms with E-state index in [0.717, 1.165) is 17.2 Å². The van der Waals surface area contributed by atoms with E-state index < -0.39 is 0 Å². The monoisotopic (exact) mass is 252 g/mol. The van der Waals surface area contributed by atoms with Crippen molar-refractivity contribution in [1.29, 1.82) is 0 Å². The summed E-state index contributed by atoms with van der Waals surface area (Å²) in [7, 11) is 0. The fraction of sp³-hybridized carbons (Fsp3) is 0.0769. The van der Waals surface area contributed by atoms with Crippen LogP contribution in [0.2, 0.25) is 0 Å². The molecule has 3 aromatic heterocycles. The Labute approximate surface area is 110 Å². The van der Waals surface area contributed by atoms with E-state index in [-0.39, 0.29) is 0 Å². The lowest BCUT2D eigenvalue weighted by Gasteiger charge is -2.06. The normalized spacial score (nSPS) is 10.3. The summed E-state index contributed by atoms with van der Waals surface area (Å²) in [5.41, 5.74) is 1.83. The van der Waals surface area contributed by atoms with Gasteiger partial charge in [-0.1, -0.05) is 0 Å². The first-order valence-electron chi connectivity index (χ1n) is 5.85. The number of anilines is 1. The highest BCUT2D eigenvalue weighted by atomic mass is 15.1. The number of hydrogen-bond donors (Lipinski definition) is 1. The number of imidazole rings is 1. The zero-order valence-corrected chi connectivity index (χ0v) is 10.1. The zero-order chi connectivity index (χ0) is 12.9. The Hall–Kier alpha value is -2.76. The lowest BCUT2D eigenvalue weighted by atomic mass is 10.3. The number of nitrogens with zero attached hydrogens (tertiary/aromatic N) is 5. The molecule has 3 rings (SSSR count). The summed E-state index contributed by atoms with van der Waals surface area (Å²) in [6, 6.07) is 3.90. The van der Waals surface area contributed by atoms with E-state index in [4.69, 9.17) is 0 Å². The molecule has 0 saturated heterocycles. The van der Waals surface area contributed by atoms with Crippen molar-refractivity contribution in [2.45, 2.75) is 6.54 Å². The Morgan fingerprint density at radius 2 is 2.00 bits per heavy atom. The maximum Gasteiger partial charge on any atom is 0.137 e. The second-order valence-corrected chi connectivity index (χ2v) is 3.93. The second kappa shape index (κ2) is 5.26. The molecular weight excluding hydrogens is 240 g/mol. The Bertz CT molecular complexity index is 618. The van der Waals surface area contributed by atoms with Gasteiger partial charge in [-0.3, -0.25) is 14.5 Å². The highest BCUT2D eigenvalue weighted by Gasteiger charge is 1.98. The molecule has 0 amide bonds. The summed E-state index contributed by atoms with van der Waals surface area (Å²) in [6.07, 6.45) is 12.2. The van der Waals surface area contributed by atoms with Gasteiger partial charge in [0, 0.05) is 24.8 Å². The highest BCUT2D eigenvalue weighted by Crippen LogP contribution is 2.10. The number of hydrogen-bond acceptors (Lipinski definition) is 5. The molecule has 0 spiro atoms. The fourth-order valence-electron chi connectivity index (χ4n) is 1.65. The van der Waals surface area contributed by atoms with Crippen molar-refractivity contribution in [3.63, 3.8) is 0 Å². The van der Waals surface area contributed by atoms with Crippen LogP contribution in [0.3, 0.4) is 0 Å². The van der Waals surface area contributed by atoms with E-state index in [1.807, 2.05) is 22.9 Å². The van der Waals surface area contributed by atoms with Crippen molar-refractivity contribution in [2.75, 3.05) is 5.32 Å². The van der Waals surface area contributed by atoms with Crippen LogP contribution in [-0.4, -0.2) is 24.5 Å². The van der Waals surface area contributed by atoms with Gasteiger partial charge in [0.1, 0.15) is 12.1 Å². The first-order chi connectivity index (χ1) is 9.42. The van der Waals surface area contributed by atoms with E-state index in [1.165, 1.54) is 0 Å². The zero-order valence-electron chi connectivity index (χ0n) is 10.1. The van der Waals surface area contributed by atoms with Crippen LogP contribution in [0.4, 0.5) is 5.69 Å². The molecule has 6 nitrogen and oxygen atoms in total. The van der Waals surface area contributed by atoms with Gasteiger partial charge in [-0.05, 0) is 12.1 Å². The predicted octanol–water partition coefficient (Wildman–Crippen LogP) is 1.67. The second-order valence-electron chi connectivity index (χ2n) is 3.93. The van der Waals surface area contributed by atoms with Gasteiger partial charge in [-0.25, -0.2) is 9.97 Å². The van der Waals surface area contributed by atoms with Crippen LogP contribution in [0.25, 0.3) is 5.82 Å². The van der Waals surface area contributed by atoms with E-state index >= 15 is 0 Å². The van der Waals surface area contributed by atoms with E-state index in [1.54, 1.807) is 37.3 Å². The summed E-state index contributed by atoms with van der Waals surface area (Å²) in [6.45, 7) is 0.625. The molecule has 0 atom stereocenters. The topological polar surface area (TPSA) is 68.5 Å². The molecule has 0 aliphatic heterocycles. The summed E-state index contributed by atoms with van der Waals surface area (Å²) < 4.78 is 1.85. The number of aromatic nitrogens is 5. The minimum absolute atomic E-state index is 0.625. The van der Waals surface area contributed by atoms with Crippen molar-refractivity contribution >= 4 is 5.69 Å². The summed E-state index contributed by atoms with van der Waals surface area (Å²) in [5.74, 6) is 0.836. The molecule has 19 heavy (non-hydrogen) atoms. The van der Waals surface area contributed by atoms with E-state index in [2.05, 4.69) is 25.3 Å². The molecule has 1 N–H and O–H groups in total. The van der Waals surface area contributed by atoms with Gasteiger partial charge < -0.3 is 5.32 Å². The number of rotatable bonds is 4. The minimum atomic E-state index is 0.625. The maximum atomic E-state index is 4.36. The quantitative estimate of drug-likeness (QED) is 0.765. The third-order valence-corrected chi connectivity index (χ3v) is 2.61. The standard InChI is InChI=1S/C13H12N6/c1-2-13(19-6-5-15-10-19)18-8-11(1)17-9-12-7-14-3-4-16-12/h1-8,10,17H,9H2. The SMILES string of the molecule is c1cnc(CNc2ccc(-n3ccnc3)nc2)cn1. The Morgan fingerprint density at radius 3 is 2.68 bits per heavy atom. The Morgan fingerprint density at radius 1 is 1.00 bits per heavy atom. The van der Waals surface area contributed by atoms with Gasteiger partial charge in [-0.2, -0.15) is 0 Å². The van der Waals surface area contributed by atoms with Crippen molar-refractivity contribution in [3.8, 4) is 5.82 Å². The van der Waals surface area contributed by atoms with Crippen molar-refractivity contribution in [3.05, 3.63) is 61.3 Å². The van der Waals surface area contributed by atoms with Gasteiger partial charge in [-0.15, -0.1) is 0 Å². The third kappa shape index (κ3) is 2.74. The van der Waals surface area contributed by atoms with E-state index in [9.17, 15) is 0 Å². The fourth-order valence-corrected chi connectivity index (χ4v) is 1.65. The van der Waals surface area contributed by atoms with E-state index in [0.29, 0.717) is 6.54 Å². The van der Waals surface area contributed by atoms with Gasteiger partial charge >= 0.3 is 0 Å². The third-order valence-electron chi connectivity index (χ3n) is 2.61. The first-order valence-corrected chi connectivity index (χ1v) is 5.85. The highest BCUT2D eigenvalue weighted by molar-refractivity contribution is 5.43. The predicted molar refractivity (Wildman–Crippen MR) is 70.7 cm³/mol. The molecule has 0 bridgehead atoms. The largest absolute Gasteiger partial charge is 0.378 e. The number of pyridine rings is 1. The Kier molecular flexibility index (Phi) is 3.14. The molecule has 0 saturated carbocycles. The van der Waals surface area contributed by atoms with Crippen molar-refractivity contribution in [1.82, 2.24) is 24.5 Å². The Balaban J connectivity index is 1.67. The van der Waals surface area contributed by atoms with Crippen LogP contribution < -0.4 is 5.32 Å². The first kappa shape index (κ1) is 11.3. The van der Waals surface area contributed by atoms with Crippen molar-refractivity contribution < 1.29 is 0 Å². The van der Waals surface area contributed by atoms with Gasteiger partial charge in [0.05, 0.1) is 30.3 Å². The minimum Gasteiger partial charge on any atom is -0.378 e. The van der Waals surface area contributed by atoms with Gasteiger partial charge in [0.2, 0.25) is 0 Å². The molecule has 0 aromatic carbocycles. The molecule has 0 fully saturated rings. The van der Waals surface area contributed by atoms with Crippen LogP contribution in [0.5, 0.6) is 0 Å². The molecule has 94 valence electrons. The summed E-state index contributed by atoms with van der Waals surface area (Å²) in [4.78, 5) is 16.6. The molecular formula is C13H12N6. The molecule has 0 aliphatic carbocycles. The van der Waals surface area contributed by atoms with Crippen LogP contribution in [-0.2, 0) is 6.54 Å². The van der Waals surface area contributed by atoms with Crippen molar-refractivity contribution in [2.24, 2.45) is 0 Å². The lowest BCUT2D eigenvalue weighted by Crippen LogP contribution is -2.03. The molecule has 6 heteroatoms.